The molecule has 0 aliphatic carbocycles. The molecule has 2 unspecified atom stereocenters. The number of hydrogen-bond acceptors (Lipinski definition) is 3. The molecule has 0 spiro atoms. The summed E-state index contributed by atoms with van der Waals surface area (Å²) in [6, 6.07) is 7.60. The fourth-order valence-corrected chi connectivity index (χ4v) is 3.40. The second kappa shape index (κ2) is 7.03. The van der Waals surface area contributed by atoms with Gasteiger partial charge < -0.3 is 10.6 Å². The Labute approximate surface area is 131 Å². The van der Waals surface area contributed by atoms with E-state index in [0.29, 0.717) is 18.6 Å². The summed E-state index contributed by atoms with van der Waals surface area (Å²) in [7, 11) is 2.23. The number of nitrogens with zero attached hydrogens (tertiary/aromatic N) is 2. The number of likely N-dealkylation sites (N-methyl/N-ethyl adjacent to an activating group) is 1. The van der Waals surface area contributed by atoms with Crippen molar-refractivity contribution in [2.75, 3.05) is 33.2 Å². The maximum absolute atomic E-state index is 6.07. The van der Waals surface area contributed by atoms with Gasteiger partial charge in [-0.15, -0.1) is 0 Å². The van der Waals surface area contributed by atoms with Gasteiger partial charge in [0.1, 0.15) is 0 Å². The fraction of sp³-hybridized carbons (Fsp3) is 0.625. The number of nitrogens with two attached hydrogens (primary N) is 1. The zero-order valence-electron chi connectivity index (χ0n) is 12.8. The zero-order valence-corrected chi connectivity index (χ0v) is 14.4. The van der Waals surface area contributed by atoms with Crippen LogP contribution in [0.2, 0.25) is 0 Å². The van der Waals surface area contributed by atoms with E-state index in [-0.39, 0.29) is 0 Å². The molecule has 2 atom stereocenters. The molecule has 1 heterocycles. The lowest BCUT2D eigenvalue weighted by atomic mass is 10.0. The van der Waals surface area contributed by atoms with Gasteiger partial charge in [-0.3, -0.25) is 4.90 Å². The average molecular weight is 340 g/mol. The third-order valence-electron chi connectivity index (χ3n) is 4.52. The topological polar surface area (TPSA) is 32.5 Å². The van der Waals surface area contributed by atoms with E-state index in [2.05, 4.69) is 64.8 Å². The Morgan fingerprint density at radius 2 is 2.15 bits per heavy atom. The normalized spacial score (nSPS) is 22.9. The quantitative estimate of drug-likeness (QED) is 0.915. The first-order valence-corrected chi connectivity index (χ1v) is 8.26. The molecular weight excluding hydrogens is 314 g/mol. The first-order chi connectivity index (χ1) is 9.56. The van der Waals surface area contributed by atoms with Crippen molar-refractivity contribution < 1.29 is 0 Å². The maximum atomic E-state index is 6.07. The minimum Gasteiger partial charge on any atom is -0.329 e. The van der Waals surface area contributed by atoms with Gasteiger partial charge in [0.25, 0.3) is 0 Å². The van der Waals surface area contributed by atoms with Crippen molar-refractivity contribution in [3.05, 3.63) is 33.8 Å². The lowest BCUT2D eigenvalue weighted by Gasteiger charge is -2.42. The molecule has 1 aromatic rings. The maximum Gasteiger partial charge on any atom is 0.0472 e. The smallest absolute Gasteiger partial charge is 0.0472 e. The highest BCUT2D eigenvalue weighted by Crippen LogP contribution is 2.27. The number of aryl methyl sites for hydroxylation is 1. The molecule has 1 aliphatic rings. The largest absolute Gasteiger partial charge is 0.329 e. The summed E-state index contributed by atoms with van der Waals surface area (Å²) >= 11 is 3.64. The van der Waals surface area contributed by atoms with Crippen LogP contribution in [0.25, 0.3) is 0 Å². The Bertz CT molecular complexity index is 449. The minimum absolute atomic E-state index is 0.328. The van der Waals surface area contributed by atoms with Crippen LogP contribution in [0, 0.1) is 6.92 Å². The van der Waals surface area contributed by atoms with E-state index in [1.54, 1.807) is 0 Å². The molecular formula is C16H26BrN3. The summed E-state index contributed by atoms with van der Waals surface area (Å²) in [5.41, 5.74) is 8.67. The average Bonchev–Trinajstić information content (AvgIpc) is 2.45. The molecule has 20 heavy (non-hydrogen) atoms. The third kappa shape index (κ3) is 3.42. The van der Waals surface area contributed by atoms with Crippen LogP contribution in [0.4, 0.5) is 0 Å². The summed E-state index contributed by atoms with van der Waals surface area (Å²) in [5.74, 6) is 0. The zero-order chi connectivity index (χ0) is 14.7. The molecule has 2 N–H and O–H groups in total. The first-order valence-electron chi connectivity index (χ1n) is 7.47. The van der Waals surface area contributed by atoms with E-state index < -0.39 is 0 Å². The van der Waals surface area contributed by atoms with Crippen LogP contribution in [-0.2, 0) is 0 Å². The molecule has 4 heteroatoms. The van der Waals surface area contributed by atoms with E-state index in [9.17, 15) is 0 Å². The number of benzene rings is 1. The Morgan fingerprint density at radius 1 is 1.40 bits per heavy atom. The lowest BCUT2D eigenvalue weighted by molar-refractivity contribution is 0.0644. The van der Waals surface area contributed by atoms with Crippen molar-refractivity contribution in [3.63, 3.8) is 0 Å². The van der Waals surface area contributed by atoms with Crippen molar-refractivity contribution >= 4 is 15.9 Å². The first kappa shape index (κ1) is 16.0. The molecule has 1 fully saturated rings. The van der Waals surface area contributed by atoms with Crippen LogP contribution in [0.3, 0.4) is 0 Å². The van der Waals surface area contributed by atoms with Crippen molar-refractivity contribution in [3.8, 4) is 0 Å². The van der Waals surface area contributed by atoms with Gasteiger partial charge in [-0.25, -0.2) is 0 Å². The van der Waals surface area contributed by atoms with Crippen molar-refractivity contribution in [2.24, 2.45) is 5.73 Å². The van der Waals surface area contributed by atoms with Gasteiger partial charge in [-0.05, 0) is 37.6 Å². The number of piperazine rings is 1. The summed E-state index contributed by atoms with van der Waals surface area (Å²) in [5, 5.41) is 0. The summed E-state index contributed by atoms with van der Waals surface area (Å²) < 4.78 is 1.18. The Balaban J connectivity index is 2.17. The number of rotatable bonds is 4. The Kier molecular flexibility index (Phi) is 5.61. The lowest BCUT2D eigenvalue weighted by Crippen LogP contribution is -2.53. The van der Waals surface area contributed by atoms with Gasteiger partial charge in [-0.2, -0.15) is 0 Å². The molecule has 0 amide bonds. The van der Waals surface area contributed by atoms with E-state index in [4.69, 9.17) is 5.73 Å². The second-order valence-electron chi connectivity index (χ2n) is 5.80. The van der Waals surface area contributed by atoms with Gasteiger partial charge in [0.15, 0.2) is 0 Å². The van der Waals surface area contributed by atoms with Crippen LogP contribution < -0.4 is 5.73 Å². The summed E-state index contributed by atoms with van der Waals surface area (Å²) in [6.07, 6.45) is 1.20. The van der Waals surface area contributed by atoms with E-state index in [0.717, 1.165) is 19.6 Å². The van der Waals surface area contributed by atoms with Gasteiger partial charge >= 0.3 is 0 Å². The highest BCUT2D eigenvalue weighted by atomic mass is 79.9. The van der Waals surface area contributed by atoms with Crippen molar-refractivity contribution in [1.29, 1.82) is 0 Å². The highest BCUT2D eigenvalue weighted by molar-refractivity contribution is 9.10. The van der Waals surface area contributed by atoms with Crippen LogP contribution >= 0.6 is 15.9 Å². The predicted molar refractivity (Wildman–Crippen MR) is 89.0 cm³/mol. The van der Waals surface area contributed by atoms with Gasteiger partial charge in [0.05, 0.1) is 0 Å². The second-order valence-corrected chi connectivity index (χ2v) is 6.65. The summed E-state index contributed by atoms with van der Waals surface area (Å²) in [4.78, 5) is 5.01. The van der Waals surface area contributed by atoms with Crippen LogP contribution in [0.1, 0.15) is 30.5 Å². The Hall–Kier alpha value is -0.420. The van der Waals surface area contributed by atoms with Crippen LogP contribution in [0.15, 0.2) is 22.7 Å². The van der Waals surface area contributed by atoms with Crippen molar-refractivity contribution in [2.45, 2.75) is 32.4 Å². The number of halogens is 1. The number of hydrogen-bond donors (Lipinski definition) is 1. The molecule has 112 valence electrons. The molecule has 0 saturated carbocycles. The van der Waals surface area contributed by atoms with E-state index in [1.807, 2.05) is 0 Å². The molecule has 1 aromatic carbocycles. The predicted octanol–water partition coefficient (Wildman–Crippen LogP) is 2.78. The molecule has 3 nitrogen and oxygen atoms in total. The molecule has 2 rings (SSSR count). The standard InChI is InChI=1S/C16H26BrN3/c1-4-14-11-20(8-7-19(14)3)16(10-18)13-6-5-12(2)15(17)9-13/h5-6,9,14,16H,4,7-8,10-11,18H2,1-3H3. The third-order valence-corrected chi connectivity index (χ3v) is 5.38. The van der Waals surface area contributed by atoms with Gasteiger partial charge in [0, 0.05) is 42.7 Å². The van der Waals surface area contributed by atoms with Crippen LogP contribution in [0.5, 0.6) is 0 Å². The van der Waals surface area contributed by atoms with Gasteiger partial charge in [-0.1, -0.05) is 35.0 Å². The fourth-order valence-electron chi connectivity index (χ4n) is 3.01. The molecule has 0 bridgehead atoms. The monoisotopic (exact) mass is 339 g/mol. The van der Waals surface area contributed by atoms with E-state index in [1.165, 1.54) is 22.0 Å². The van der Waals surface area contributed by atoms with E-state index >= 15 is 0 Å². The van der Waals surface area contributed by atoms with Crippen molar-refractivity contribution in [1.82, 2.24) is 9.80 Å². The van der Waals surface area contributed by atoms with Gasteiger partial charge in [0.2, 0.25) is 0 Å². The molecule has 1 saturated heterocycles. The Morgan fingerprint density at radius 3 is 2.75 bits per heavy atom. The summed E-state index contributed by atoms with van der Waals surface area (Å²) in [6.45, 7) is 8.40. The minimum atomic E-state index is 0.328. The SMILES string of the molecule is CCC1CN(C(CN)c2ccc(C)c(Br)c2)CCN1C. The molecule has 0 aromatic heterocycles. The highest BCUT2D eigenvalue weighted by Gasteiger charge is 2.28. The molecule has 1 aliphatic heterocycles. The van der Waals surface area contributed by atoms with Crippen LogP contribution in [-0.4, -0.2) is 49.1 Å². The molecule has 0 radical (unpaired) electrons.